The third kappa shape index (κ3) is 4.85. The molecule has 3 unspecified atom stereocenters. The summed E-state index contributed by atoms with van der Waals surface area (Å²) < 4.78 is 8.62. The van der Waals surface area contributed by atoms with Crippen molar-refractivity contribution in [2.75, 3.05) is 0 Å². The van der Waals surface area contributed by atoms with Crippen LogP contribution in [-0.2, 0) is 23.9 Å². The summed E-state index contributed by atoms with van der Waals surface area (Å²) in [5.41, 5.74) is 0. The maximum atomic E-state index is 11.1. The van der Waals surface area contributed by atoms with E-state index in [-0.39, 0.29) is 0 Å². The van der Waals surface area contributed by atoms with Crippen molar-refractivity contribution in [3.63, 3.8) is 0 Å². The van der Waals surface area contributed by atoms with Gasteiger partial charge in [0.2, 0.25) is 0 Å². The zero-order valence-electron chi connectivity index (χ0n) is 9.17. The molecule has 0 saturated heterocycles. The Balaban J connectivity index is 4.20. The highest BCUT2D eigenvalue weighted by atomic mass is 16.6. The molecule has 0 fully saturated rings. The predicted molar refractivity (Wildman–Crippen MR) is 50.0 cm³/mol. The molecule has 0 saturated carbocycles. The molecule has 92 valence electrons. The Morgan fingerprint density at radius 1 is 0.875 bits per heavy atom. The van der Waals surface area contributed by atoms with Crippen molar-refractivity contribution in [2.45, 2.75) is 39.1 Å². The molecule has 0 radical (unpaired) electrons. The number of aliphatic hydroxyl groups is 2. The van der Waals surface area contributed by atoms with Gasteiger partial charge >= 0.3 is 17.9 Å². The van der Waals surface area contributed by atoms with Crippen molar-refractivity contribution in [1.82, 2.24) is 0 Å². The summed E-state index contributed by atoms with van der Waals surface area (Å²) in [7, 11) is 0. The van der Waals surface area contributed by atoms with Crippen LogP contribution < -0.4 is 0 Å². The predicted octanol–water partition coefficient (Wildman–Crippen LogP) is -1.25. The Bertz CT molecular complexity index is 282. The van der Waals surface area contributed by atoms with Gasteiger partial charge in [-0.1, -0.05) is 0 Å². The molecule has 7 heteroatoms. The van der Waals surface area contributed by atoms with Crippen LogP contribution in [0.4, 0.5) is 0 Å². The van der Waals surface area contributed by atoms with E-state index < -0.39 is 36.2 Å². The molecule has 0 heterocycles. The standard InChI is InChI=1S/C9H14O7/c1-4(10)7(12)15-6(3)9(14)16-8(13)5(2)11/h4-6,10-11H,1-3H3. The third-order valence-corrected chi connectivity index (χ3v) is 1.51. The van der Waals surface area contributed by atoms with Crippen LogP contribution in [0.1, 0.15) is 20.8 Å². The zero-order chi connectivity index (χ0) is 12.9. The van der Waals surface area contributed by atoms with Gasteiger partial charge in [0, 0.05) is 0 Å². The Hall–Kier alpha value is -1.47. The van der Waals surface area contributed by atoms with E-state index in [1.807, 2.05) is 0 Å². The molecule has 2 N–H and O–H groups in total. The van der Waals surface area contributed by atoms with Gasteiger partial charge in [-0.25, -0.2) is 14.4 Å². The number of aliphatic hydroxyl groups excluding tert-OH is 2. The van der Waals surface area contributed by atoms with Crippen LogP contribution in [0.15, 0.2) is 0 Å². The van der Waals surface area contributed by atoms with Crippen LogP contribution in [0.5, 0.6) is 0 Å². The van der Waals surface area contributed by atoms with Crippen LogP contribution in [0, 0.1) is 0 Å². The molecule has 0 rings (SSSR count). The number of hydrogen-bond donors (Lipinski definition) is 2. The van der Waals surface area contributed by atoms with Crippen molar-refractivity contribution < 1.29 is 34.1 Å². The van der Waals surface area contributed by atoms with Gasteiger partial charge in [-0.2, -0.15) is 0 Å². The molecule has 0 aliphatic rings. The minimum atomic E-state index is -1.44. The highest BCUT2D eigenvalue weighted by molar-refractivity contribution is 5.90. The first-order valence-electron chi connectivity index (χ1n) is 4.57. The highest BCUT2D eigenvalue weighted by Gasteiger charge is 2.25. The van der Waals surface area contributed by atoms with Crippen molar-refractivity contribution in [3.05, 3.63) is 0 Å². The first kappa shape index (κ1) is 14.5. The average molecular weight is 234 g/mol. The van der Waals surface area contributed by atoms with E-state index in [1.54, 1.807) is 0 Å². The smallest absolute Gasteiger partial charge is 0.354 e. The highest BCUT2D eigenvalue weighted by Crippen LogP contribution is 1.99. The largest absolute Gasteiger partial charge is 0.449 e. The second-order valence-corrected chi connectivity index (χ2v) is 3.17. The number of esters is 3. The molecule has 0 amide bonds. The van der Waals surface area contributed by atoms with E-state index in [2.05, 4.69) is 9.47 Å². The van der Waals surface area contributed by atoms with Gasteiger partial charge in [0.05, 0.1) is 0 Å². The normalized spacial score (nSPS) is 15.8. The van der Waals surface area contributed by atoms with E-state index in [9.17, 15) is 14.4 Å². The summed E-state index contributed by atoms with van der Waals surface area (Å²) in [6.45, 7) is 3.47. The maximum absolute atomic E-state index is 11.1. The zero-order valence-corrected chi connectivity index (χ0v) is 9.17. The summed E-state index contributed by atoms with van der Waals surface area (Å²) in [4.78, 5) is 32.8. The van der Waals surface area contributed by atoms with Crippen LogP contribution in [-0.4, -0.2) is 46.4 Å². The molecule has 0 aromatic carbocycles. The van der Waals surface area contributed by atoms with E-state index in [0.717, 1.165) is 6.92 Å². The fourth-order valence-electron chi connectivity index (χ4n) is 0.588. The summed E-state index contributed by atoms with van der Waals surface area (Å²) >= 11 is 0. The molecule has 0 bridgehead atoms. The van der Waals surface area contributed by atoms with Crippen LogP contribution in [0.3, 0.4) is 0 Å². The molecular formula is C9H14O7. The van der Waals surface area contributed by atoms with Gasteiger partial charge in [-0.05, 0) is 20.8 Å². The lowest BCUT2D eigenvalue weighted by molar-refractivity contribution is -0.178. The second-order valence-electron chi connectivity index (χ2n) is 3.17. The minimum Gasteiger partial charge on any atom is -0.449 e. The van der Waals surface area contributed by atoms with Gasteiger partial charge in [0.15, 0.2) is 6.10 Å². The molecule has 0 aromatic rings. The number of carbonyl (C=O) groups excluding carboxylic acids is 3. The lowest BCUT2D eigenvalue weighted by Crippen LogP contribution is -2.33. The van der Waals surface area contributed by atoms with Crippen molar-refractivity contribution in [2.24, 2.45) is 0 Å². The molecule has 3 atom stereocenters. The molecule has 16 heavy (non-hydrogen) atoms. The van der Waals surface area contributed by atoms with Crippen molar-refractivity contribution in [3.8, 4) is 0 Å². The summed E-state index contributed by atoms with van der Waals surface area (Å²) in [5, 5.41) is 17.5. The number of rotatable bonds is 4. The fourth-order valence-corrected chi connectivity index (χ4v) is 0.588. The van der Waals surface area contributed by atoms with Crippen LogP contribution in [0.25, 0.3) is 0 Å². The average Bonchev–Trinajstić information content (AvgIpc) is 2.16. The van der Waals surface area contributed by atoms with E-state index in [0.29, 0.717) is 0 Å². The third-order valence-electron chi connectivity index (χ3n) is 1.51. The molecule has 0 aliphatic carbocycles. The topological polar surface area (TPSA) is 110 Å². The van der Waals surface area contributed by atoms with Gasteiger partial charge in [0.25, 0.3) is 0 Å². The first-order chi connectivity index (χ1) is 7.25. The van der Waals surface area contributed by atoms with Crippen LogP contribution in [0.2, 0.25) is 0 Å². The first-order valence-corrected chi connectivity index (χ1v) is 4.57. The van der Waals surface area contributed by atoms with Gasteiger partial charge in [-0.15, -0.1) is 0 Å². The Kier molecular flexibility index (Phi) is 5.62. The van der Waals surface area contributed by atoms with Gasteiger partial charge < -0.3 is 19.7 Å². The van der Waals surface area contributed by atoms with Crippen molar-refractivity contribution >= 4 is 17.9 Å². The van der Waals surface area contributed by atoms with E-state index >= 15 is 0 Å². The van der Waals surface area contributed by atoms with Crippen LogP contribution >= 0.6 is 0 Å². The second kappa shape index (κ2) is 6.19. The minimum absolute atomic E-state index is 1.01. The SMILES string of the molecule is CC(O)C(=O)OC(=O)C(C)OC(=O)C(C)O. The monoisotopic (exact) mass is 234 g/mol. The van der Waals surface area contributed by atoms with Gasteiger partial charge in [-0.3, -0.25) is 0 Å². The number of hydrogen-bond acceptors (Lipinski definition) is 7. The van der Waals surface area contributed by atoms with Gasteiger partial charge in [0.1, 0.15) is 12.2 Å². The lowest BCUT2D eigenvalue weighted by Gasteiger charge is -2.13. The lowest BCUT2D eigenvalue weighted by atomic mass is 10.3. The summed E-state index contributed by atoms with van der Waals surface area (Å²) in [6, 6.07) is 0. The molecular weight excluding hydrogens is 220 g/mol. The van der Waals surface area contributed by atoms with E-state index in [1.165, 1.54) is 13.8 Å². The summed E-state index contributed by atoms with van der Waals surface area (Å²) in [6.07, 6.45) is -4.14. The fraction of sp³-hybridized carbons (Fsp3) is 0.667. The molecule has 7 nitrogen and oxygen atoms in total. The Labute approximate surface area is 92.0 Å². The maximum Gasteiger partial charge on any atom is 0.354 e. The summed E-state index contributed by atoms with van der Waals surface area (Å²) in [5.74, 6) is -3.25. The Morgan fingerprint density at radius 3 is 1.69 bits per heavy atom. The quantitative estimate of drug-likeness (QED) is 0.462. The number of ether oxygens (including phenoxy) is 2. The van der Waals surface area contributed by atoms with Crippen molar-refractivity contribution in [1.29, 1.82) is 0 Å². The Morgan fingerprint density at radius 2 is 1.31 bits per heavy atom. The van der Waals surface area contributed by atoms with E-state index in [4.69, 9.17) is 10.2 Å². The molecule has 0 aromatic heterocycles. The molecule has 0 spiro atoms. The number of carbonyl (C=O) groups is 3. The molecule has 0 aliphatic heterocycles.